The van der Waals surface area contributed by atoms with Crippen molar-refractivity contribution in [3.8, 4) is 11.8 Å². The highest BCUT2D eigenvalue weighted by atomic mass is 79.9. The molecule has 0 saturated heterocycles. The summed E-state index contributed by atoms with van der Waals surface area (Å²) in [7, 11) is 0. The summed E-state index contributed by atoms with van der Waals surface area (Å²) in [6, 6.07) is 1.29. The number of carboxylic acids is 1. The van der Waals surface area contributed by atoms with Gasteiger partial charge in [-0.15, -0.1) is 0 Å². The predicted molar refractivity (Wildman–Crippen MR) is 61.5 cm³/mol. The maximum Gasteiger partial charge on any atom is 0.337 e. The van der Waals surface area contributed by atoms with Gasteiger partial charge in [-0.05, 0) is 6.07 Å². The van der Waals surface area contributed by atoms with Crippen LogP contribution >= 0.6 is 27.5 Å². The minimum Gasteiger partial charge on any atom is -0.478 e. The number of aromatic carboxylic acids is 1. The molecule has 0 amide bonds. The molecule has 0 radical (unpaired) electrons. The van der Waals surface area contributed by atoms with E-state index < -0.39 is 5.97 Å². The van der Waals surface area contributed by atoms with Crippen molar-refractivity contribution in [3.05, 3.63) is 28.5 Å². The summed E-state index contributed by atoms with van der Waals surface area (Å²) in [5, 5.41) is 9.79. The Bertz CT molecular complexity index is 437. The van der Waals surface area contributed by atoms with Crippen LogP contribution in [-0.2, 0) is 0 Å². The quantitative estimate of drug-likeness (QED) is 0.517. The first-order chi connectivity index (χ1) is 7.15. The number of hydrogen-bond donors (Lipinski definition) is 1. The average molecular weight is 289 g/mol. The van der Waals surface area contributed by atoms with Crippen molar-refractivity contribution < 1.29 is 9.90 Å². The highest BCUT2D eigenvalue weighted by Gasteiger charge is 2.09. The number of aromatic nitrogens is 1. The Kier molecular flexibility index (Phi) is 4.60. The summed E-state index contributed by atoms with van der Waals surface area (Å²) in [5.74, 6) is 4.51. The lowest BCUT2D eigenvalue weighted by molar-refractivity contribution is 0.0696. The molecular formula is C10H7BrClNO2. The highest BCUT2D eigenvalue weighted by molar-refractivity contribution is 9.09. The number of alkyl halides is 1. The van der Waals surface area contributed by atoms with Gasteiger partial charge in [0.2, 0.25) is 0 Å². The number of hydrogen-bond acceptors (Lipinski definition) is 2. The molecule has 1 rings (SSSR count). The summed E-state index contributed by atoms with van der Waals surface area (Å²) in [4.78, 5) is 14.6. The Hall–Kier alpha value is -1.05. The van der Waals surface area contributed by atoms with Gasteiger partial charge in [-0.2, -0.15) is 0 Å². The predicted octanol–water partition coefficient (Wildman–Crippen LogP) is 2.57. The molecule has 78 valence electrons. The number of carboxylic acid groups (broad SMARTS) is 1. The molecule has 15 heavy (non-hydrogen) atoms. The van der Waals surface area contributed by atoms with Crippen molar-refractivity contribution in [2.75, 3.05) is 5.33 Å². The number of nitrogens with zero attached hydrogens (tertiary/aromatic N) is 1. The van der Waals surface area contributed by atoms with Gasteiger partial charge < -0.3 is 5.11 Å². The zero-order chi connectivity index (χ0) is 11.3. The second-order valence-corrected chi connectivity index (χ2v) is 3.78. The van der Waals surface area contributed by atoms with Gasteiger partial charge in [0, 0.05) is 17.9 Å². The molecule has 0 bridgehead atoms. The van der Waals surface area contributed by atoms with Crippen molar-refractivity contribution in [1.82, 2.24) is 4.98 Å². The lowest BCUT2D eigenvalue weighted by atomic mass is 10.1. The van der Waals surface area contributed by atoms with Gasteiger partial charge in [-0.1, -0.05) is 39.4 Å². The van der Waals surface area contributed by atoms with Crippen molar-refractivity contribution in [1.29, 1.82) is 0 Å². The summed E-state index contributed by atoms with van der Waals surface area (Å²) in [6.07, 6.45) is 2.02. The lowest BCUT2D eigenvalue weighted by Gasteiger charge is -1.98. The molecule has 0 atom stereocenters. The van der Waals surface area contributed by atoms with E-state index in [1.54, 1.807) is 0 Å². The van der Waals surface area contributed by atoms with Gasteiger partial charge in [-0.3, -0.25) is 0 Å². The van der Waals surface area contributed by atoms with Crippen LogP contribution in [0, 0.1) is 11.8 Å². The molecular weight excluding hydrogens is 281 g/mol. The zero-order valence-electron chi connectivity index (χ0n) is 7.63. The molecule has 0 aliphatic heterocycles. The van der Waals surface area contributed by atoms with Crippen LogP contribution in [0.2, 0.25) is 5.15 Å². The third-order valence-electron chi connectivity index (χ3n) is 1.54. The van der Waals surface area contributed by atoms with E-state index in [0.717, 1.165) is 5.33 Å². The molecule has 3 nitrogen and oxygen atoms in total. The SMILES string of the molecule is O=C(O)c1cc(Cl)ncc1C#CCCBr. The molecule has 0 fully saturated rings. The average Bonchev–Trinajstić information content (AvgIpc) is 2.20. The summed E-state index contributed by atoms with van der Waals surface area (Å²) in [5.41, 5.74) is 0.463. The van der Waals surface area contributed by atoms with Crippen molar-refractivity contribution in [3.63, 3.8) is 0 Å². The second kappa shape index (κ2) is 5.74. The van der Waals surface area contributed by atoms with Crippen LogP contribution in [0.4, 0.5) is 0 Å². The van der Waals surface area contributed by atoms with E-state index in [0.29, 0.717) is 12.0 Å². The molecule has 0 unspecified atom stereocenters. The lowest BCUT2D eigenvalue weighted by Crippen LogP contribution is -2.00. The summed E-state index contributed by atoms with van der Waals surface area (Å²) >= 11 is 8.82. The molecule has 1 N–H and O–H groups in total. The van der Waals surface area contributed by atoms with Gasteiger partial charge in [0.1, 0.15) is 5.15 Å². The van der Waals surface area contributed by atoms with E-state index in [2.05, 4.69) is 32.8 Å². The van der Waals surface area contributed by atoms with Gasteiger partial charge >= 0.3 is 5.97 Å². The Labute approximate surface area is 101 Å². The van der Waals surface area contributed by atoms with Crippen LogP contribution in [0.3, 0.4) is 0 Å². The van der Waals surface area contributed by atoms with Crippen LogP contribution in [-0.4, -0.2) is 21.4 Å². The largest absolute Gasteiger partial charge is 0.478 e. The molecule has 0 aliphatic carbocycles. The number of halogens is 2. The van der Waals surface area contributed by atoms with Crippen LogP contribution in [0.1, 0.15) is 22.3 Å². The van der Waals surface area contributed by atoms with E-state index in [1.165, 1.54) is 12.3 Å². The maximum absolute atomic E-state index is 10.8. The third-order valence-corrected chi connectivity index (χ3v) is 2.15. The van der Waals surface area contributed by atoms with E-state index in [4.69, 9.17) is 16.7 Å². The van der Waals surface area contributed by atoms with Gasteiger partial charge in [0.15, 0.2) is 0 Å². The Balaban J connectivity index is 3.08. The molecule has 1 heterocycles. The molecule has 1 aromatic heterocycles. The standard InChI is InChI=1S/C10H7BrClNO2/c11-4-2-1-3-7-6-13-9(12)5-8(7)10(14)15/h5-6H,2,4H2,(H,14,15). The summed E-state index contributed by atoms with van der Waals surface area (Å²) < 4.78 is 0. The topological polar surface area (TPSA) is 50.2 Å². The van der Waals surface area contributed by atoms with Gasteiger partial charge in [0.05, 0.1) is 11.1 Å². The fraction of sp³-hybridized carbons (Fsp3) is 0.200. The van der Waals surface area contributed by atoms with Gasteiger partial charge in [0.25, 0.3) is 0 Å². The normalized spacial score (nSPS) is 9.20. The maximum atomic E-state index is 10.8. The highest BCUT2D eigenvalue weighted by Crippen LogP contribution is 2.12. The number of pyridine rings is 1. The first-order valence-corrected chi connectivity index (χ1v) is 5.58. The first kappa shape index (κ1) is 12.0. The minimum absolute atomic E-state index is 0.0806. The monoisotopic (exact) mass is 287 g/mol. The number of rotatable bonds is 2. The molecule has 0 saturated carbocycles. The molecule has 0 aliphatic rings. The van der Waals surface area contributed by atoms with E-state index in [9.17, 15) is 4.79 Å². The van der Waals surface area contributed by atoms with Crippen LogP contribution in [0.25, 0.3) is 0 Å². The van der Waals surface area contributed by atoms with E-state index in [1.807, 2.05) is 0 Å². The minimum atomic E-state index is -1.05. The van der Waals surface area contributed by atoms with Crippen LogP contribution in [0.5, 0.6) is 0 Å². The van der Waals surface area contributed by atoms with Crippen LogP contribution < -0.4 is 0 Å². The van der Waals surface area contributed by atoms with Crippen molar-refractivity contribution in [2.45, 2.75) is 6.42 Å². The van der Waals surface area contributed by atoms with Gasteiger partial charge in [-0.25, -0.2) is 9.78 Å². The molecule has 5 heteroatoms. The van der Waals surface area contributed by atoms with Crippen molar-refractivity contribution in [2.24, 2.45) is 0 Å². The van der Waals surface area contributed by atoms with E-state index in [-0.39, 0.29) is 10.7 Å². The van der Waals surface area contributed by atoms with E-state index >= 15 is 0 Å². The second-order valence-electron chi connectivity index (χ2n) is 2.60. The first-order valence-electron chi connectivity index (χ1n) is 4.09. The number of carbonyl (C=O) groups is 1. The molecule has 0 aromatic carbocycles. The third kappa shape index (κ3) is 3.54. The zero-order valence-corrected chi connectivity index (χ0v) is 9.97. The molecule has 1 aromatic rings. The Morgan fingerprint density at radius 2 is 2.40 bits per heavy atom. The Morgan fingerprint density at radius 1 is 1.67 bits per heavy atom. The summed E-state index contributed by atoms with van der Waals surface area (Å²) in [6.45, 7) is 0. The Morgan fingerprint density at radius 3 is 3.00 bits per heavy atom. The molecule has 0 spiro atoms. The smallest absolute Gasteiger partial charge is 0.337 e. The fourth-order valence-electron chi connectivity index (χ4n) is 0.911. The van der Waals surface area contributed by atoms with Crippen LogP contribution in [0.15, 0.2) is 12.3 Å². The fourth-order valence-corrected chi connectivity index (χ4v) is 1.27. The van der Waals surface area contributed by atoms with Crippen molar-refractivity contribution >= 4 is 33.5 Å².